The molecule has 1 aliphatic heterocycles. The molecule has 0 N–H and O–H groups in total. The first-order valence-corrected chi connectivity index (χ1v) is 9.54. The largest absolute Gasteiger partial charge is 0.475 e. The second-order valence-corrected chi connectivity index (χ2v) is 6.52. The predicted molar refractivity (Wildman–Crippen MR) is 105 cm³/mol. The van der Waals surface area contributed by atoms with Gasteiger partial charge in [-0.25, -0.2) is 4.79 Å². The highest BCUT2D eigenvalue weighted by Gasteiger charge is 2.31. The van der Waals surface area contributed by atoms with Crippen molar-refractivity contribution in [2.75, 3.05) is 24.6 Å². The van der Waals surface area contributed by atoms with Gasteiger partial charge in [0, 0.05) is 13.0 Å². The fourth-order valence-electron chi connectivity index (χ4n) is 3.10. The van der Waals surface area contributed by atoms with Crippen LogP contribution in [0.25, 0.3) is 0 Å². The minimum Gasteiger partial charge on any atom is -0.475 e. The number of carbonyl (C=O) groups excluding carboxylic acids is 2. The molecule has 6 nitrogen and oxygen atoms in total. The SMILES string of the molecule is CCOC(=O)C1CN(CCCC(=O)OCc2ccccc2)c2ccccc2O1. The Labute approximate surface area is 165 Å². The molecule has 148 valence electrons. The topological polar surface area (TPSA) is 65.1 Å². The first-order valence-electron chi connectivity index (χ1n) is 9.54. The second-order valence-electron chi connectivity index (χ2n) is 6.52. The van der Waals surface area contributed by atoms with Crippen LogP contribution in [0.2, 0.25) is 0 Å². The van der Waals surface area contributed by atoms with Gasteiger partial charge in [0.2, 0.25) is 6.10 Å². The lowest BCUT2D eigenvalue weighted by Gasteiger charge is -2.35. The number of para-hydroxylation sites is 2. The van der Waals surface area contributed by atoms with Gasteiger partial charge in [-0.05, 0) is 31.0 Å². The van der Waals surface area contributed by atoms with Gasteiger partial charge < -0.3 is 19.1 Å². The fourth-order valence-corrected chi connectivity index (χ4v) is 3.10. The highest BCUT2D eigenvalue weighted by molar-refractivity contribution is 5.78. The number of hydrogen-bond acceptors (Lipinski definition) is 6. The number of carbonyl (C=O) groups is 2. The maximum Gasteiger partial charge on any atom is 0.349 e. The van der Waals surface area contributed by atoms with Crippen molar-refractivity contribution in [1.82, 2.24) is 0 Å². The molecule has 1 heterocycles. The molecule has 0 aliphatic carbocycles. The van der Waals surface area contributed by atoms with Crippen LogP contribution in [0.4, 0.5) is 5.69 Å². The molecule has 1 unspecified atom stereocenters. The Bertz CT molecular complexity index is 793. The van der Waals surface area contributed by atoms with Gasteiger partial charge in [-0.2, -0.15) is 0 Å². The molecule has 3 rings (SSSR count). The minimum atomic E-state index is -0.667. The summed E-state index contributed by atoms with van der Waals surface area (Å²) in [6, 6.07) is 17.2. The molecule has 0 radical (unpaired) electrons. The monoisotopic (exact) mass is 383 g/mol. The highest BCUT2D eigenvalue weighted by Crippen LogP contribution is 2.33. The van der Waals surface area contributed by atoms with Gasteiger partial charge in [0.25, 0.3) is 0 Å². The van der Waals surface area contributed by atoms with Crippen LogP contribution in [0.5, 0.6) is 5.75 Å². The lowest BCUT2D eigenvalue weighted by molar-refractivity contribution is -0.151. The summed E-state index contributed by atoms with van der Waals surface area (Å²) in [4.78, 5) is 26.2. The Morgan fingerprint density at radius 2 is 1.82 bits per heavy atom. The number of fused-ring (bicyclic) bond motifs is 1. The summed E-state index contributed by atoms with van der Waals surface area (Å²) in [5.74, 6) is 0.0510. The van der Waals surface area contributed by atoms with E-state index in [9.17, 15) is 9.59 Å². The van der Waals surface area contributed by atoms with Crippen molar-refractivity contribution >= 4 is 17.6 Å². The van der Waals surface area contributed by atoms with Crippen LogP contribution in [0.3, 0.4) is 0 Å². The summed E-state index contributed by atoms with van der Waals surface area (Å²) in [7, 11) is 0. The summed E-state index contributed by atoms with van der Waals surface area (Å²) >= 11 is 0. The van der Waals surface area contributed by atoms with Crippen LogP contribution in [0.1, 0.15) is 25.3 Å². The zero-order chi connectivity index (χ0) is 19.8. The summed E-state index contributed by atoms with van der Waals surface area (Å²) in [5, 5.41) is 0. The number of rotatable bonds is 8. The van der Waals surface area contributed by atoms with Crippen molar-refractivity contribution in [3.8, 4) is 5.75 Å². The molecule has 1 atom stereocenters. The molecular formula is C22H25NO5. The van der Waals surface area contributed by atoms with Gasteiger partial charge in [-0.1, -0.05) is 42.5 Å². The highest BCUT2D eigenvalue weighted by atomic mass is 16.6. The Balaban J connectivity index is 1.52. The molecule has 6 heteroatoms. The van der Waals surface area contributed by atoms with Crippen LogP contribution in [-0.2, 0) is 25.7 Å². The second kappa shape index (κ2) is 9.78. The third-order valence-corrected chi connectivity index (χ3v) is 4.46. The van der Waals surface area contributed by atoms with Crippen LogP contribution in [0.15, 0.2) is 54.6 Å². The number of esters is 2. The van der Waals surface area contributed by atoms with E-state index in [2.05, 4.69) is 4.90 Å². The van der Waals surface area contributed by atoms with Gasteiger partial charge in [0.15, 0.2) is 0 Å². The Kier molecular flexibility index (Phi) is 6.89. The van der Waals surface area contributed by atoms with E-state index in [-0.39, 0.29) is 18.5 Å². The van der Waals surface area contributed by atoms with Crippen LogP contribution in [-0.4, -0.2) is 37.7 Å². The van der Waals surface area contributed by atoms with E-state index in [1.165, 1.54) is 0 Å². The summed E-state index contributed by atoms with van der Waals surface area (Å²) in [6.45, 7) is 3.39. The molecule has 1 aliphatic rings. The maximum absolute atomic E-state index is 12.1. The Morgan fingerprint density at radius 3 is 2.61 bits per heavy atom. The third-order valence-electron chi connectivity index (χ3n) is 4.46. The molecule has 0 saturated carbocycles. The molecule has 0 fully saturated rings. The number of benzene rings is 2. The molecule has 2 aromatic rings. The molecule has 0 bridgehead atoms. The minimum absolute atomic E-state index is 0.229. The third kappa shape index (κ3) is 5.25. The summed E-state index contributed by atoms with van der Waals surface area (Å²) in [5.41, 5.74) is 1.89. The summed E-state index contributed by atoms with van der Waals surface area (Å²) < 4.78 is 16.2. The van der Waals surface area contributed by atoms with Gasteiger partial charge in [-0.15, -0.1) is 0 Å². The van der Waals surface area contributed by atoms with E-state index in [0.29, 0.717) is 38.3 Å². The first kappa shape index (κ1) is 19.7. The molecular weight excluding hydrogens is 358 g/mol. The maximum atomic E-state index is 12.1. The van der Waals surface area contributed by atoms with Crippen molar-refractivity contribution in [2.24, 2.45) is 0 Å². The summed E-state index contributed by atoms with van der Waals surface area (Å²) in [6.07, 6.45) is 0.272. The predicted octanol–water partition coefficient (Wildman–Crippen LogP) is 3.34. The standard InChI is InChI=1S/C22H25NO5/c1-2-26-22(25)20-15-23(18-11-6-7-12-19(18)28-20)14-8-13-21(24)27-16-17-9-4-3-5-10-17/h3-7,9-12,20H,2,8,13-16H2,1H3. The molecule has 0 aromatic heterocycles. The average Bonchev–Trinajstić information content (AvgIpc) is 2.73. The van der Waals surface area contributed by atoms with Gasteiger partial charge in [0.05, 0.1) is 18.8 Å². The van der Waals surface area contributed by atoms with E-state index >= 15 is 0 Å². The van der Waals surface area contributed by atoms with Crippen molar-refractivity contribution in [3.05, 3.63) is 60.2 Å². The Hall–Kier alpha value is -3.02. The quantitative estimate of drug-likeness (QED) is 0.652. The molecule has 0 saturated heterocycles. The van der Waals surface area contributed by atoms with Crippen molar-refractivity contribution in [3.63, 3.8) is 0 Å². The lowest BCUT2D eigenvalue weighted by Crippen LogP contribution is -2.45. The number of ether oxygens (including phenoxy) is 3. The fraction of sp³-hybridized carbons (Fsp3) is 0.364. The van der Waals surface area contributed by atoms with E-state index in [1.54, 1.807) is 6.92 Å². The van der Waals surface area contributed by atoms with Gasteiger partial charge in [-0.3, -0.25) is 4.79 Å². The van der Waals surface area contributed by atoms with E-state index < -0.39 is 6.10 Å². The molecule has 28 heavy (non-hydrogen) atoms. The smallest absolute Gasteiger partial charge is 0.349 e. The van der Waals surface area contributed by atoms with E-state index in [4.69, 9.17) is 14.2 Å². The van der Waals surface area contributed by atoms with Crippen molar-refractivity contribution in [1.29, 1.82) is 0 Å². The lowest BCUT2D eigenvalue weighted by atomic mass is 10.1. The van der Waals surface area contributed by atoms with Crippen LogP contribution < -0.4 is 9.64 Å². The average molecular weight is 383 g/mol. The van der Waals surface area contributed by atoms with Gasteiger partial charge >= 0.3 is 11.9 Å². The van der Waals surface area contributed by atoms with Crippen LogP contribution >= 0.6 is 0 Å². The molecule has 0 spiro atoms. The van der Waals surface area contributed by atoms with Crippen molar-refractivity contribution < 1.29 is 23.8 Å². The number of nitrogens with zero attached hydrogens (tertiary/aromatic N) is 1. The normalized spacial score (nSPS) is 15.3. The van der Waals surface area contributed by atoms with Gasteiger partial charge in [0.1, 0.15) is 12.4 Å². The van der Waals surface area contributed by atoms with Crippen molar-refractivity contribution in [2.45, 2.75) is 32.5 Å². The number of anilines is 1. The molecule has 0 amide bonds. The van der Waals surface area contributed by atoms with Crippen LogP contribution in [0, 0.1) is 0 Å². The number of hydrogen-bond donors (Lipinski definition) is 0. The van der Waals surface area contributed by atoms with E-state index in [0.717, 1.165) is 11.3 Å². The molecule has 2 aromatic carbocycles. The van der Waals surface area contributed by atoms with E-state index in [1.807, 2.05) is 54.6 Å². The zero-order valence-electron chi connectivity index (χ0n) is 16.0. The first-order chi connectivity index (χ1) is 13.7. The Morgan fingerprint density at radius 1 is 1.07 bits per heavy atom. The zero-order valence-corrected chi connectivity index (χ0v) is 16.0.